The fourth-order valence-corrected chi connectivity index (χ4v) is 1.32. The van der Waals surface area contributed by atoms with Gasteiger partial charge in [-0.1, -0.05) is 0 Å². The SMILES string of the molecule is O=C(O)c1cc2c(c(C(F)F)c1)OCO2. The third-order valence-corrected chi connectivity index (χ3v) is 1.98. The van der Waals surface area contributed by atoms with Crippen molar-refractivity contribution in [1.82, 2.24) is 0 Å². The topological polar surface area (TPSA) is 55.8 Å². The fraction of sp³-hybridized carbons (Fsp3) is 0.222. The largest absolute Gasteiger partial charge is 0.478 e. The smallest absolute Gasteiger partial charge is 0.335 e. The summed E-state index contributed by atoms with van der Waals surface area (Å²) < 4.78 is 34.8. The average molecular weight is 216 g/mol. The summed E-state index contributed by atoms with van der Waals surface area (Å²) in [5.74, 6) is -1.31. The molecule has 0 unspecified atom stereocenters. The zero-order valence-electron chi connectivity index (χ0n) is 7.37. The second-order valence-corrected chi connectivity index (χ2v) is 2.91. The normalized spacial score (nSPS) is 13.3. The van der Waals surface area contributed by atoms with E-state index in [1.807, 2.05) is 0 Å². The molecule has 0 fully saturated rings. The Kier molecular flexibility index (Phi) is 2.18. The van der Waals surface area contributed by atoms with Gasteiger partial charge in [0.2, 0.25) is 6.79 Å². The number of rotatable bonds is 2. The van der Waals surface area contributed by atoms with Gasteiger partial charge in [-0.3, -0.25) is 0 Å². The number of benzene rings is 1. The maximum Gasteiger partial charge on any atom is 0.335 e. The van der Waals surface area contributed by atoms with Crippen molar-refractivity contribution in [3.63, 3.8) is 0 Å². The number of alkyl halides is 2. The van der Waals surface area contributed by atoms with E-state index in [9.17, 15) is 13.6 Å². The van der Waals surface area contributed by atoms with Crippen LogP contribution in [0, 0.1) is 0 Å². The van der Waals surface area contributed by atoms with Gasteiger partial charge in [0.1, 0.15) is 0 Å². The lowest BCUT2D eigenvalue weighted by molar-refractivity contribution is 0.0696. The second-order valence-electron chi connectivity index (χ2n) is 2.91. The molecule has 1 aromatic carbocycles. The van der Waals surface area contributed by atoms with Gasteiger partial charge in [0.05, 0.1) is 11.1 Å². The zero-order chi connectivity index (χ0) is 11.0. The van der Waals surface area contributed by atoms with E-state index in [1.165, 1.54) is 0 Å². The van der Waals surface area contributed by atoms with Crippen molar-refractivity contribution in [2.45, 2.75) is 6.43 Å². The van der Waals surface area contributed by atoms with Crippen LogP contribution in [0.3, 0.4) is 0 Å². The molecule has 2 rings (SSSR count). The van der Waals surface area contributed by atoms with Gasteiger partial charge in [-0.25, -0.2) is 13.6 Å². The molecule has 1 aliphatic heterocycles. The van der Waals surface area contributed by atoms with Crippen LogP contribution in [0.4, 0.5) is 8.78 Å². The van der Waals surface area contributed by atoms with Crippen LogP contribution in [0.15, 0.2) is 12.1 Å². The molecule has 1 aliphatic rings. The highest BCUT2D eigenvalue weighted by atomic mass is 19.3. The molecule has 0 amide bonds. The number of hydrogen-bond acceptors (Lipinski definition) is 3. The quantitative estimate of drug-likeness (QED) is 0.821. The molecule has 0 saturated heterocycles. The van der Waals surface area contributed by atoms with Crippen LogP contribution in [0.5, 0.6) is 11.5 Å². The summed E-state index contributed by atoms with van der Waals surface area (Å²) in [7, 11) is 0. The molecule has 4 nitrogen and oxygen atoms in total. The lowest BCUT2D eigenvalue weighted by atomic mass is 10.1. The van der Waals surface area contributed by atoms with Crippen LogP contribution >= 0.6 is 0 Å². The van der Waals surface area contributed by atoms with E-state index in [1.54, 1.807) is 0 Å². The van der Waals surface area contributed by atoms with Crippen LogP contribution < -0.4 is 9.47 Å². The second kappa shape index (κ2) is 3.38. The minimum atomic E-state index is -2.79. The Labute approximate surface area is 83.0 Å². The van der Waals surface area contributed by atoms with Gasteiger partial charge >= 0.3 is 5.97 Å². The van der Waals surface area contributed by atoms with Crippen molar-refractivity contribution in [3.8, 4) is 11.5 Å². The van der Waals surface area contributed by atoms with Gasteiger partial charge in [0, 0.05) is 0 Å². The highest BCUT2D eigenvalue weighted by Gasteiger charge is 2.25. The number of aromatic carboxylic acids is 1. The molecular weight excluding hydrogens is 210 g/mol. The predicted molar refractivity (Wildman–Crippen MR) is 44.5 cm³/mol. The first-order valence-electron chi connectivity index (χ1n) is 4.04. The maximum absolute atomic E-state index is 12.5. The minimum Gasteiger partial charge on any atom is -0.478 e. The molecule has 1 N–H and O–H groups in total. The van der Waals surface area contributed by atoms with Gasteiger partial charge in [0.25, 0.3) is 6.43 Å². The summed E-state index contributed by atoms with van der Waals surface area (Å²) in [5, 5.41) is 8.68. The molecule has 80 valence electrons. The number of fused-ring (bicyclic) bond motifs is 1. The monoisotopic (exact) mass is 216 g/mol. The number of ether oxygens (including phenoxy) is 2. The third kappa shape index (κ3) is 1.58. The van der Waals surface area contributed by atoms with Gasteiger partial charge in [0.15, 0.2) is 11.5 Å². The lowest BCUT2D eigenvalue weighted by Crippen LogP contribution is -1.98. The van der Waals surface area contributed by atoms with Crippen LogP contribution in [-0.2, 0) is 0 Å². The summed E-state index contributed by atoms with van der Waals surface area (Å²) in [4.78, 5) is 10.6. The Hall–Kier alpha value is -1.85. The molecule has 0 saturated carbocycles. The molecule has 0 radical (unpaired) electrons. The number of carboxylic acid groups (broad SMARTS) is 1. The Morgan fingerprint density at radius 1 is 1.40 bits per heavy atom. The Bertz CT molecular complexity index is 417. The third-order valence-electron chi connectivity index (χ3n) is 1.98. The van der Waals surface area contributed by atoms with Crippen molar-refractivity contribution in [2.24, 2.45) is 0 Å². The molecule has 1 heterocycles. The first kappa shape index (κ1) is 9.70. The van der Waals surface area contributed by atoms with Crippen LogP contribution in [-0.4, -0.2) is 17.9 Å². The lowest BCUT2D eigenvalue weighted by Gasteiger charge is -2.05. The molecule has 0 bridgehead atoms. The number of carbonyl (C=O) groups is 1. The van der Waals surface area contributed by atoms with Gasteiger partial charge in [-0.2, -0.15) is 0 Å². The van der Waals surface area contributed by atoms with Crippen LogP contribution in [0.25, 0.3) is 0 Å². The van der Waals surface area contributed by atoms with Crippen LogP contribution in [0.1, 0.15) is 22.3 Å². The molecule has 0 aliphatic carbocycles. The van der Waals surface area contributed by atoms with Crippen molar-refractivity contribution in [2.75, 3.05) is 6.79 Å². The molecule has 0 spiro atoms. The van der Waals surface area contributed by atoms with Crippen molar-refractivity contribution < 1.29 is 28.2 Å². The van der Waals surface area contributed by atoms with E-state index in [0.29, 0.717) is 0 Å². The van der Waals surface area contributed by atoms with E-state index in [4.69, 9.17) is 14.6 Å². The van der Waals surface area contributed by atoms with Crippen molar-refractivity contribution >= 4 is 5.97 Å². The van der Waals surface area contributed by atoms with Crippen molar-refractivity contribution in [1.29, 1.82) is 0 Å². The maximum atomic E-state index is 12.5. The van der Waals surface area contributed by atoms with E-state index in [-0.39, 0.29) is 23.9 Å². The first-order valence-corrected chi connectivity index (χ1v) is 4.04. The van der Waals surface area contributed by atoms with Gasteiger partial charge < -0.3 is 14.6 Å². The molecule has 0 atom stereocenters. The number of halogens is 2. The predicted octanol–water partition coefficient (Wildman–Crippen LogP) is 2.05. The van der Waals surface area contributed by atoms with E-state index in [2.05, 4.69) is 0 Å². The van der Waals surface area contributed by atoms with Gasteiger partial charge in [-0.05, 0) is 12.1 Å². The summed E-state index contributed by atoms with van der Waals surface area (Å²) in [5.41, 5.74) is -0.697. The standard InChI is InChI=1S/C9H6F2O4/c10-8(11)5-1-4(9(12)13)2-6-7(5)15-3-14-6/h1-2,8H,3H2,(H,12,13). The molecule has 1 aromatic rings. The molecule has 15 heavy (non-hydrogen) atoms. The Balaban J connectivity index is 2.57. The first-order chi connectivity index (χ1) is 7.09. The summed E-state index contributed by atoms with van der Waals surface area (Å²) in [6, 6.07) is 2.05. The summed E-state index contributed by atoms with van der Waals surface area (Å²) in [6.45, 7) is -0.169. The molecular formula is C9H6F2O4. The zero-order valence-corrected chi connectivity index (χ0v) is 7.37. The summed E-state index contributed by atoms with van der Waals surface area (Å²) in [6.07, 6.45) is -2.79. The number of hydrogen-bond donors (Lipinski definition) is 1. The fourth-order valence-electron chi connectivity index (χ4n) is 1.32. The summed E-state index contributed by atoms with van der Waals surface area (Å²) >= 11 is 0. The van der Waals surface area contributed by atoms with Crippen molar-refractivity contribution in [3.05, 3.63) is 23.3 Å². The highest BCUT2D eigenvalue weighted by Crippen LogP contribution is 2.41. The Morgan fingerprint density at radius 2 is 2.13 bits per heavy atom. The Morgan fingerprint density at radius 3 is 2.73 bits per heavy atom. The molecule has 0 aromatic heterocycles. The number of carboxylic acids is 1. The van der Waals surface area contributed by atoms with Crippen LogP contribution in [0.2, 0.25) is 0 Å². The molecule has 6 heteroatoms. The van der Waals surface area contributed by atoms with E-state index < -0.39 is 18.0 Å². The average Bonchev–Trinajstić information content (AvgIpc) is 2.62. The minimum absolute atomic E-state index is 0.0465. The van der Waals surface area contributed by atoms with E-state index >= 15 is 0 Å². The van der Waals surface area contributed by atoms with Gasteiger partial charge in [-0.15, -0.1) is 0 Å². The highest BCUT2D eigenvalue weighted by molar-refractivity contribution is 5.89. The van der Waals surface area contributed by atoms with E-state index in [0.717, 1.165) is 12.1 Å².